The van der Waals surface area contributed by atoms with E-state index in [2.05, 4.69) is 9.82 Å². The number of hydrogen-bond acceptors (Lipinski definition) is 4. The van der Waals surface area contributed by atoms with Crippen LogP contribution in [-0.2, 0) is 21.4 Å². The van der Waals surface area contributed by atoms with E-state index >= 15 is 0 Å². The van der Waals surface area contributed by atoms with Crippen molar-refractivity contribution in [2.24, 2.45) is 11.7 Å². The minimum atomic E-state index is -3.47. The van der Waals surface area contributed by atoms with Crippen LogP contribution in [0.5, 0.6) is 0 Å². The number of carbonyl (C=O) groups excluding carboxylic acids is 1. The predicted octanol–water partition coefficient (Wildman–Crippen LogP) is -0.0150. The van der Waals surface area contributed by atoms with Gasteiger partial charge in [0.25, 0.3) is 0 Å². The maximum absolute atomic E-state index is 11.7. The number of amides is 1. The normalized spacial score (nSPS) is 13.2. The fraction of sp³-hybridized carbons (Fsp3) is 0.556. The van der Waals surface area contributed by atoms with E-state index in [1.165, 1.54) is 17.1 Å². The molecule has 7 nitrogen and oxygen atoms in total. The van der Waals surface area contributed by atoms with Gasteiger partial charge in [0.05, 0.1) is 17.6 Å². The second-order valence-electron chi connectivity index (χ2n) is 4.04. The molecule has 0 spiro atoms. The Balaban J connectivity index is 2.67. The van der Waals surface area contributed by atoms with Gasteiger partial charge in [0, 0.05) is 12.1 Å². The largest absolute Gasteiger partial charge is 0.368 e. The summed E-state index contributed by atoms with van der Waals surface area (Å²) in [5, 5.41) is 3.80. The van der Waals surface area contributed by atoms with Gasteiger partial charge in [-0.25, -0.2) is 8.42 Å². The lowest BCUT2D eigenvalue weighted by atomic mass is 10.3. The van der Waals surface area contributed by atoms with Gasteiger partial charge in [0.1, 0.15) is 6.54 Å². The molecule has 0 saturated carbocycles. The Morgan fingerprint density at radius 1 is 1.67 bits per heavy atom. The van der Waals surface area contributed by atoms with Crippen molar-refractivity contribution in [2.45, 2.75) is 13.5 Å². The molecule has 1 aromatic rings. The van der Waals surface area contributed by atoms with E-state index in [0.717, 1.165) is 0 Å². The predicted molar refractivity (Wildman–Crippen MR) is 68.7 cm³/mol. The number of alkyl halides is 1. The van der Waals surface area contributed by atoms with Crippen LogP contribution < -0.4 is 10.5 Å². The first-order chi connectivity index (χ1) is 8.32. The van der Waals surface area contributed by atoms with Crippen molar-refractivity contribution in [1.82, 2.24) is 9.78 Å². The molecule has 9 heteroatoms. The molecule has 0 aliphatic rings. The van der Waals surface area contributed by atoms with Gasteiger partial charge >= 0.3 is 0 Å². The van der Waals surface area contributed by atoms with E-state index in [9.17, 15) is 13.2 Å². The van der Waals surface area contributed by atoms with Crippen molar-refractivity contribution in [3.8, 4) is 0 Å². The fourth-order valence-corrected chi connectivity index (χ4v) is 2.96. The molecule has 1 atom stereocenters. The first kappa shape index (κ1) is 14.8. The van der Waals surface area contributed by atoms with Crippen LogP contribution in [0.4, 0.5) is 5.69 Å². The summed E-state index contributed by atoms with van der Waals surface area (Å²) < 4.78 is 27.0. The molecular weight excluding hydrogens is 280 g/mol. The molecular formula is C9H15ClN4O3S. The first-order valence-corrected chi connectivity index (χ1v) is 7.38. The fourth-order valence-electron chi connectivity index (χ4n) is 1.30. The van der Waals surface area contributed by atoms with E-state index in [1.54, 1.807) is 6.92 Å². The van der Waals surface area contributed by atoms with Crippen LogP contribution in [0.3, 0.4) is 0 Å². The summed E-state index contributed by atoms with van der Waals surface area (Å²) in [6.45, 7) is 1.64. The highest BCUT2D eigenvalue weighted by atomic mass is 35.5. The van der Waals surface area contributed by atoms with Gasteiger partial charge in [-0.05, 0) is 5.92 Å². The van der Waals surface area contributed by atoms with Crippen LogP contribution in [0.2, 0.25) is 0 Å². The Labute approximate surface area is 110 Å². The second-order valence-corrected chi connectivity index (χ2v) is 6.11. The van der Waals surface area contributed by atoms with Gasteiger partial charge in [0.15, 0.2) is 0 Å². The van der Waals surface area contributed by atoms with E-state index in [4.69, 9.17) is 17.3 Å². The number of nitrogens with one attached hydrogen (secondary N) is 1. The average Bonchev–Trinajstić information content (AvgIpc) is 2.62. The van der Waals surface area contributed by atoms with Crippen LogP contribution in [0, 0.1) is 5.92 Å². The molecule has 3 N–H and O–H groups in total. The number of halogens is 1. The zero-order valence-corrected chi connectivity index (χ0v) is 11.4. The monoisotopic (exact) mass is 294 g/mol. The van der Waals surface area contributed by atoms with Crippen LogP contribution in [-0.4, -0.2) is 35.7 Å². The summed E-state index contributed by atoms with van der Waals surface area (Å²) in [4.78, 5) is 10.7. The van der Waals surface area contributed by atoms with Crippen molar-refractivity contribution < 1.29 is 13.2 Å². The van der Waals surface area contributed by atoms with E-state index in [1.807, 2.05) is 0 Å². The molecule has 1 amide bonds. The lowest BCUT2D eigenvalue weighted by molar-refractivity contribution is -0.118. The summed E-state index contributed by atoms with van der Waals surface area (Å²) in [7, 11) is -3.47. The molecule has 1 aromatic heterocycles. The van der Waals surface area contributed by atoms with Crippen LogP contribution in [0.1, 0.15) is 6.92 Å². The van der Waals surface area contributed by atoms with Crippen molar-refractivity contribution >= 4 is 33.2 Å². The molecule has 0 bridgehead atoms. The van der Waals surface area contributed by atoms with Crippen LogP contribution >= 0.6 is 11.6 Å². The molecule has 1 rings (SSSR count). The third-order valence-corrected chi connectivity index (χ3v) is 4.07. The number of primary amides is 1. The molecule has 0 aromatic carbocycles. The van der Waals surface area contributed by atoms with E-state index < -0.39 is 15.9 Å². The number of nitrogens with two attached hydrogens (primary N) is 1. The lowest BCUT2D eigenvalue weighted by Crippen LogP contribution is -2.22. The van der Waals surface area contributed by atoms with Gasteiger partial charge in [-0.3, -0.25) is 14.2 Å². The SMILES string of the molecule is CC(CCl)CS(=O)(=O)Nc1cnn(CC(N)=O)c1. The maximum Gasteiger partial charge on any atom is 0.239 e. The molecule has 0 saturated heterocycles. The molecule has 0 aliphatic heterocycles. The first-order valence-electron chi connectivity index (χ1n) is 5.19. The van der Waals surface area contributed by atoms with Crippen LogP contribution in [0.25, 0.3) is 0 Å². The van der Waals surface area contributed by atoms with Gasteiger partial charge in [-0.2, -0.15) is 5.10 Å². The number of hydrogen-bond donors (Lipinski definition) is 2. The molecule has 0 aliphatic carbocycles. The van der Waals surface area contributed by atoms with Gasteiger partial charge in [-0.15, -0.1) is 11.6 Å². The Kier molecular flexibility index (Phi) is 4.97. The molecule has 18 heavy (non-hydrogen) atoms. The third-order valence-electron chi connectivity index (χ3n) is 1.99. The summed E-state index contributed by atoms with van der Waals surface area (Å²) in [6, 6.07) is 0. The Hall–Kier alpha value is -1.28. The summed E-state index contributed by atoms with van der Waals surface area (Å²) in [5.74, 6) is -0.507. The van der Waals surface area contributed by atoms with E-state index in [-0.39, 0.29) is 29.8 Å². The third kappa shape index (κ3) is 4.92. The minimum absolute atomic E-state index is 0.0719. The number of nitrogens with zero attached hydrogens (tertiary/aromatic N) is 2. The quantitative estimate of drug-likeness (QED) is 0.689. The Morgan fingerprint density at radius 2 is 2.33 bits per heavy atom. The molecule has 0 fully saturated rings. The highest BCUT2D eigenvalue weighted by molar-refractivity contribution is 7.92. The number of sulfonamides is 1. The van der Waals surface area contributed by atoms with Crippen molar-refractivity contribution in [3.63, 3.8) is 0 Å². The van der Waals surface area contributed by atoms with Crippen molar-refractivity contribution in [2.75, 3.05) is 16.4 Å². The number of rotatable bonds is 7. The van der Waals surface area contributed by atoms with Crippen LogP contribution in [0.15, 0.2) is 12.4 Å². The highest BCUT2D eigenvalue weighted by Gasteiger charge is 2.16. The number of carbonyl (C=O) groups is 1. The zero-order valence-electron chi connectivity index (χ0n) is 9.84. The second kappa shape index (κ2) is 6.05. The highest BCUT2D eigenvalue weighted by Crippen LogP contribution is 2.10. The van der Waals surface area contributed by atoms with Gasteiger partial charge in [0.2, 0.25) is 15.9 Å². The average molecular weight is 295 g/mol. The summed E-state index contributed by atoms with van der Waals surface area (Å²) in [5.41, 5.74) is 5.28. The van der Waals surface area contributed by atoms with Gasteiger partial charge < -0.3 is 5.73 Å². The summed E-state index contributed by atoms with van der Waals surface area (Å²) in [6.07, 6.45) is 2.71. The minimum Gasteiger partial charge on any atom is -0.368 e. The standard InChI is InChI=1S/C9H15ClN4O3S/c1-7(2-10)6-18(16,17)13-8-3-12-14(4-8)5-9(11)15/h3-4,7,13H,2,5-6H2,1H3,(H2,11,15). The lowest BCUT2D eigenvalue weighted by Gasteiger charge is -2.09. The zero-order chi connectivity index (χ0) is 13.8. The van der Waals surface area contributed by atoms with Crippen molar-refractivity contribution in [3.05, 3.63) is 12.4 Å². The van der Waals surface area contributed by atoms with Gasteiger partial charge in [-0.1, -0.05) is 6.92 Å². The van der Waals surface area contributed by atoms with E-state index in [0.29, 0.717) is 0 Å². The summed E-state index contributed by atoms with van der Waals surface area (Å²) >= 11 is 5.56. The number of aromatic nitrogens is 2. The topological polar surface area (TPSA) is 107 Å². The Morgan fingerprint density at radius 3 is 2.89 bits per heavy atom. The molecule has 102 valence electrons. The molecule has 0 radical (unpaired) electrons. The number of anilines is 1. The van der Waals surface area contributed by atoms with Crippen molar-refractivity contribution in [1.29, 1.82) is 0 Å². The Bertz CT molecular complexity index is 514. The maximum atomic E-state index is 11.7. The smallest absolute Gasteiger partial charge is 0.239 e. The molecule has 1 heterocycles. The molecule has 1 unspecified atom stereocenters.